The molecule has 0 saturated heterocycles. The van der Waals surface area contributed by atoms with Crippen molar-refractivity contribution in [2.24, 2.45) is 5.73 Å². The summed E-state index contributed by atoms with van der Waals surface area (Å²) in [5.74, 6) is -0.114. The maximum absolute atomic E-state index is 12.6. The summed E-state index contributed by atoms with van der Waals surface area (Å²) in [6, 6.07) is 5.70. The van der Waals surface area contributed by atoms with Crippen LogP contribution in [-0.4, -0.2) is 16.4 Å². The van der Waals surface area contributed by atoms with Crippen LogP contribution in [0.1, 0.15) is 54.4 Å². The van der Waals surface area contributed by atoms with E-state index in [1.54, 1.807) is 0 Å². The van der Waals surface area contributed by atoms with Crippen LogP contribution in [0.4, 0.5) is 0 Å². The highest BCUT2D eigenvalue weighted by Gasteiger charge is 2.36. The van der Waals surface area contributed by atoms with Gasteiger partial charge in [-0.3, -0.25) is 4.79 Å². The van der Waals surface area contributed by atoms with Crippen molar-refractivity contribution in [1.82, 2.24) is 5.32 Å². The van der Waals surface area contributed by atoms with Crippen LogP contribution in [0.25, 0.3) is 0 Å². The molecule has 1 aliphatic rings. The maximum atomic E-state index is 12.6. The summed E-state index contributed by atoms with van der Waals surface area (Å²) >= 11 is 8.72. The lowest BCUT2D eigenvalue weighted by Crippen LogP contribution is -2.56. The molecule has 0 radical (unpaired) electrons. The quantitative estimate of drug-likeness (QED) is 0.628. The topological polar surface area (TPSA) is 55.1 Å². The summed E-state index contributed by atoms with van der Waals surface area (Å²) in [5.41, 5.74) is 7.16. The summed E-state index contributed by atoms with van der Waals surface area (Å²) < 4.78 is 0.798. The number of thiocarbonyl (C=S) groups is 1. The Morgan fingerprint density at radius 1 is 1.29 bits per heavy atom. The average molecular weight is 369 g/mol. The second-order valence-corrected chi connectivity index (χ2v) is 7.09. The van der Waals surface area contributed by atoms with Crippen molar-refractivity contribution < 1.29 is 4.79 Å². The van der Waals surface area contributed by atoms with Crippen LogP contribution in [0.15, 0.2) is 22.7 Å². The summed E-state index contributed by atoms with van der Waals surface area (Å²) in [7, 11) is 0. The van der Waals surface area contributed by atoms with Crippen molar-refractivity contribution in [3.05, 3.63) is 33.8 Å². The molecule has 1 aromatic rings. The molecule has 3 N–H and O–H groups in total. The molecule has 5 heteroatoms. The molecular weight excluding hydrogens is 348 g/mol. The minimum absolute atomic E-state index is 0.114. The minimum Gasteiger partial charge on any atom is -0.391 e. The van der Waals surface area contributed by atoms with Gasteiger partial charge in [0.2, 0.25) is 0 Å². The number of hydrogen-bond donors (Lipinski definition) is 2. The van der Waals surface area contributed by atoms with Gasteiger partial charge >= 0.3 is 0 Å². The van der Waals surface area contributed by atoms with E-state index in [1.807, 2.05) is 25.1 Å². The van der Waals surface area contributed by atoms with Crippen LogP contribution in [0.3, 0.4) is 0 Å². The first kappa shape index (κ1) is 16.4. The van der Waals surface area contributed by atoms with Crippen molar-refractivity contribution in [1.29, 1.82) is 0 Å². The Morgan fingerprint density at radius 2 is 1.90 bits per heavy atom. The molecule has 1 aromatic carbocycles. The highest BCUT2D eigenvalue weighted by atomic mass is 79.9. The van der Waals surface area contributed by atoms with Crippen molar-refractivity contribution in [3.63, 3.8) is 0 Å². The summed E-state index contributed by atoms with van der Waals surface area (Å²) in [6.07, 6.45) is 6.11. The normalized spacial score (nSPS) is 17.8. The molecule has 0 aromatic heterocycles. The highest BCUT2D eigenvalue weighted by molar-refractivity contribution is 9.10. The number of benzene rings is 1. The number of rotatable bonds is 3. The van der Waals surface area contributed by atoms with E-state index in [9.17, 15) is 4.79 Å². The zero-order valence-electron chi connectivity index (χ0n) is 12.2. The Kier molecular flexibility index (Phi) is 5.38. The van der Waals surface area contributed by atoms with E-state index >= 15 is 0 Å². The van der Waals surface area contributed by atoms with E-state index < -0.39 is 5.54 Å². The molecule has 1 aliphatic carbocycles. The van der Waals surface area contributed by atoms with Crippen LogP contribution in [-0.2, 0) is 0 Å². The van der Waals surface area contributed by atoms with E-state index in [4.69, 9.17) is 18.0 Å². The van der Waals surface area contributed by atoms with Gasteiger partial charge in [-0.05, 0) is 53.4 Å². The van der Waals surface area contributed by atoms with E-state index in [2.05, 4.69) is 21.2 Å². The maximum Gasteiger partial charge on any atom is 0.253 e. The molecule has 0 aliphatic heterocycles. The van der Waals surface area contributed by atoms with Crippen molar-refractivity contribution in [2.75, 3.05) is 0 Å². The van der Waals surface area contributed by atoms with Gasteiger partial charge in [-0.15, -0.1) is 0 Å². The van der Waals surface area contributed by atoms with Crippen LogP contribution in [0.5, 0.6) is 0 Å². The monoisotopic (exact) mass is 368 g/mol. The molecular formula is C16H21BrN2OS. The molecule has 1 fully saturated rings. The third-order valence-electron chi connectivity index (χ3n) is 4.15. The van der Waals surface area contributed by atoms with E-state index in [0.717, 1.165) is 35.7 Å². The molecule has 2 rings (SSSR count). The Balaban J connectivity index is 2.24. The fourth-order valence-corrected chi connectivity index (χ4v) is 3.78. The first-order valence-corrected chi connectivity index (χ1v) is 8.53. The third kappa shape index (κ3) is 3.83. The fraction of sp³-hybridized carbons (Fsp3) is 0.500. The molecule has 0 atom stereocenters. The standard InChI is InChI=1S/C16H21BrN2OS/c1-11-6-7-12(13(17)10-11)14(20)19-16(15(18)21)8-4-2-3-5-9-16/h6-7,10H,2-5,8-9H2,1H3,(H2,18,21)(H,19,20). The lowest BCUT2D eigenvalue weighted by molar-refractivity contribution is 0.0916. The lowest BCUT2D eigenvalue weighted by Gasteiger charge is -2.33. The predicted octanol–water partition coefficient (Wildman–Crippen LogP) is 3.87. The number of amides is 1. The molecule has 3 nitrogen and oxygen atoms in total. The number of aryl methyl sites for hydroxylation is 1. The SMILES string of the molecule is Cc1ccc(C(=O)NC2(C(N)=S)CCCCCC2)c(Br)c1. The zero-order chi connectivity index (χ0) is 15.5. The fourth-order valence-electron chi connectivity index (χ4n) is 2.85. The van der Waals surface area contributed by atoms with Crippen molar-refractivity contribution in [3.8, 4) is 0 Å². The van der Waals surface area contributed by atoms with Crippen LogP contribution in [0.2, 0.25) is 0 Å². The highest BCUT2D eigenvalue weighted by Crippen LogP contribution is 2.29. The Labute approximate surface area is 139 Å². The van der Waals surface area contributed by atoms with Gasteiger partial charge in [0.25, 0.3) is 5.91 Å². The molecule has 0 spiro atoms. The Hall–Kier alpha value is -0.940. The molecule has 21 heavy (non-hydrogen) atoms. The summed E-state index contributed by atoms with van der Waals surface area (Å²) in [4.78, 5) is 13.0. The molecule has 114 valence electrons. The number of hydrogen-bond acceptors (Lipinski definition) is 2. The first-order valence-electron chi connectivity index (χ1n) is 7.33. The van der Waals surface area contributed by atoms with E-state index in [1.165, 1.54) is 12.8 Å². The smallest absolute Gasteiger partial charge is 0.253 e. The van der Waals surface area contributed by atoms with Gasteiger partial charge in [-0.2, -0.15) is 0 Å². The second-order valence-electron chi connectivity index (χ2n) is 5.80. The summed E-state index contributed by atoms with van der Waals surface area (Å²) in [6.45, 7) is 1.99. The number of halogens is 1. The second kappa shape index (κ2) is 6.88. The van der Waals surface area contributed by atoms with Crippen molar-refractivity contribution >= 4 is 39.0 Å². The van der Waals surface area contributed by atoms with Crippen LogP contribution < -0.4 is 11.1 Å². The van der Waals surface area contributed by atoms with Gasteiger partial charge in [-0.25, -0.2) is 0 Å². The molecule has 1 saturated carbocycles. The lowest BCUT2D eigenvalue weighted by atomic mass is 9.89. The summed E-state index contributed by atoms with van der Waals surface area (Å²) in [5, 5.41) is 3.11. The van der Waals surface area contributed by atoms with Gasteiger partial charge in [0.15, 0.2) is 0 Å². The largest absolute Gasteiger partial charge is 0.391 e. The number of carbonyl (C=O) groups excluding carboxylic acids is 1. The Bertz CT molecular complexity index is 551. The predicted molar refractivity (Wildman–Crippen MR) is 93.6 cm³/mol. The van der Waals surface area contributed by atoms with Crippen LogP contribution >= 0.6 is 28.1 Å². The average Bonchev–Trinajstić information content (AvgIpc) is 2.65. The third-order valence-corrected chi connectivity index (χ3v) is 5.20. The van der Waals surface area contributed by atoms with Crippen LogP contribution in [0, 0.1) is 6.92 Å². The molecule has 0 bridgehead atoms. The molecule has 0 heterocycles. The van der Waals surface area contributed by atoms with E-state index in [0.29, 0.717) is 10.6 Å². The molecule has 0 unspecified atom stereocenters. The number of carbonyl (C=O) groups is 1. The van der Waals surface area contributed by atoms with Crippen molar-refractivity contribution in [2.45, 2.75) is 51.0 Å². The molecule has 1 amide bonds. The van der Waals surface area contributed by atoms with Gasteiger partial charge < -0.3 is 11.1 Å². The van der Waals surface area contributed by atoms with E-state index in [-0.39, 0.29) is 5.91 Å². The number of nitrogens with two attached hydrogens (primary N) is 1. The van der Waals surface area contributed by atoms with Gasteiger partial charge in [0, 0.05) is 4.47 Å². The van der Waals surface area contributed by atoms with Gasteiger partial charge in [0.05, 0.1) is 16.1 Å². The number of nitrogens with one attached hydrogen (secondary N) is 1. The van der Waals surface area contributed by atoms with Gasteiger partial charge in [0.1, 0.15) is 0 Å². The Morgan fingerprint density at radius 3 is 2.43 bits per heavy atom. The van der Waals surface area contributed by atoms with Gasteiger partial charge in [-0.1, -0.05) is 44.0 Å². The first-order chi connectivity index (χ1) is 9.94. The minimum atomic E-state index is -0.534. The zero-order valence-corrected chi connectivity index (χ0v) is 14.6.